The number of hydrogen-bond acceptors (Lipinski definition) is 5. The van der Waals surface area contributed by atoms with Crippen LogP contribution in [0.5, 0.6) is 0 Å². The normalized spacial score (nSPS) is 11.8. The molecule has 0 aliphatic heterocycles. The minimum atomic E-state index is 0.475. The van der Waals surface area contributed by atoms with Gasteiger partial charge in [-0.1, -0.05) is 13.8 Å². The minimum absolute atomic E-state index is 0.475. The second kappa shape index (κ2) is 9.95. The molecule has 5 nitrogen and oxygen atoms in total. The van der Waals surface area contributed by atoms with Crippen LogP contribution in [0.15, 0.2) is 10.5 Å². The number of aryl methyl sites for hydroxylation is 1. The van der Waals surface area contributed by atoms with Gasteiger partial charge >= 0.3 is 0 Å². The Morgan fingerprint density at radius 2 is 1.81 bits per heavy atom. The van der Waals surface area contributed by atoms with E-state index in [9.17, 15) is 0 Å². The number of nitrogens with one attached hydrogen (secondary N) is 1. The molecule has 1 heterocycles. The Hall–Kier alpha value is -0.880. The van der Waals surface area contributed by atoms with E-state index >= 15 is 0 Å². The molecule has 1 aromatic heterocycles. The van der Waals surface area contributed by atoms with Gasteiger partial charge in [-0.25, -0.2) is 0 Å². The first-order chi connectivity index (χ1) is 10.1. The van der Waals surface area contributed by atoms with Crippen LogP contribution in [-0.2, 0) is 22.6 Å². The second-order valence-electron chi connectivity index (χ2n) is 5.59. The van der Waals surface area contributed by atoms with Crippen LogP contribution in [0, 0.1) is 6.92 Å². The van der Waals surface area contributed by atoms with Gasteiger partial charge in [0.25, 0.3) is 0 Å². The molecule has 1 rings (SSSR count). The van der Waals surface area contributed by atoms with Crippen molar-refractivity contribution in [2.75, 3.05) is 40.5 Å². The number of rotatable bonds is 11. The summed E-state index contributed by atoms with van der Waals surface area (Å²) in [6.07, 6.45) is 0. The Labute approximate surface area is 128 Å². The molecule has 0 aromatic carbocycles. The standard InChI is InChI=1S/C16H30N2O3/c1-13(2)17-11-15-10-16(21-14(15)3)12-18(6-8-19-4)7-9-20-5/h10,13,17H,6-9,11-12H2,1-5H3. The van der Waals surface area contributed by atoms with Gasteiger partial charge in [0, 0.05) is 45.5 Å². The number of furan rings is 1. The van der Waals surface area contributed by atoms with Crippen molar-refractivity contribution in [3.05, 3.63) is 23.2 Å². The molecule has 0 spiro atoms. The maximum Gasteiger partial charge on any atom is 0.118 e. The molecule has 21 heavy (non-hydrogen) atoms. The molecule has 0 amide bonds. The van der Waals surface area contributed by atoms with E-state index in [-0.39, 0.29) is 0 Å². The largest absolute Gasteiger partial charge is 0.465 e. The molecule has 1 N–H and O–H groups in total. The van der Waals surface area contributed by atoms with Crippen LogP contribution in [0.25, 0.3) is 0 Å². The van der Waals surface area contributed by atoms with Crippen molar-refractivity contribution in [3.63, 3.8) is 0 Å². The lowest BCUT2D eigenvalue weighted by molar-refractivity contribution is 0.106. The Kier molecular flexibility index (Phi) is 8.61. The zero-order valence-corrected chi connectivity index (χ0v) is 14.1. The van der Waals surface area contributed by atoms with E-state index < -0.39 is 0 Å². The number of hydrogen-bond donors (Lipinski definition) is 1. The zero-order chi connectivity index (χ0) is 15.7. The summed E-state index contributed by atoms with van der Waals surface area (Å²) in [5.41, 5.74) is 1.23. The van der Waals surface area contributed by atoms with Gasteiger partial charge in [0.05, 0.1) is 19.8 Å². The van der Waals surface area contributed by atoms with Gasteiger partial charge in [-0.15, -0.1) is 0 Å². The molecule has 0 atom stereocenters. The summed E-state index contributed by atoms with van der Waals surface area (Å²) in [4.78, 5) is 2.28. The van der Waals surface area contributed by atoms with Crippen molar-refractivity contribution in [1.82, 2.24) is 10.2 Å². The van der Waals surface area contributed by atoms with Crippen LogP contribution in [-0.4, -0.2) is 51.5 Å². The van der Waals surface area contributed by atoms with E-state index in [1.165, 1.54) is 5.56 Å². The lowest BCUT2D eigenvalue weighted by Crippen LogP contribution is -2.30. The van der Waals surface area contributed by atoms with E-state index in [4.69, 9.17) is 13.9 Å². The van der Waals surface area contributed by atoms with E-state index in [0.29, 0.717) is 19.3 Å². The maximum absolute atomic E-state index is 5.87. The van der Waals surface area contributed by atoms with E-state index in [1.54, 1.807) is 14.2 Å². The second-order valence-corrected chi connectivity index (χ2v) is 5.59. The third kappa shape index (κ3) is 7.09. The first-order valence-electron chi connectivity index (χ1n) is 7.58. The van der Waals surface area contributed by atoms with Gasteiger partial charge in [-0.2, -0.15) is 0 Å². The minimum Gasteiger partial charge on any atom is -0.465 e. The molecule has 5 heteroatoms. The fourth-order valence-electron chi connectivity index (χ4n) is 2.09. The molecule has 0 saturated carbocycles. The summed E-state index contributed by atoms with van der Waals surface area (Å²) in [7, 11) is 3.45. The number of nitrogens with zero attached hydrogens (tertiary/aromatic N) is 1. The number of ether oxygens (including phenoxy) is 2. The fourth-order valence-corrected chi connectivity index (χ4v) is 2.09. The quantitative estimate of drug-likeness (QED) is 0.678. The Morgan fingerprint density at radius 1 is 1.19 bits per heavy atom. The highest BCUT2D eigenvalue weighted by atomic mass is 16.5. The van der Waals surface area contributed by atoms with Gasteiger partial charge in [0.15, 0.2) is 0 Å². The fraction of sp³-hybridized carbons (Fsp3) is 0.750. The third-order valence-corrected chi connectivity index (χ3v) is 3.38. The Balaban J connectivity index is 2.58. The molecule has 0 bridgehead atoms. The Bertz CT molecular complexity index is 383. The van der Waals surface area contributed by atoms with E-state index in [2.05, 4.69) is 30.1 Å². The molecule has 0 fully saturated rings. The summed E-state index contributed by atoms with van der Waals surface area (Å²) in [6, 6.07) is 2.62. The van der Waals surface area contributed by atoms with Crippen molar-refractivity contribution < 1.29 is 13.9 Å². The molecule has 0 radical (unpaired) electrons. The lowest BCUT2D eigenvalue weighted by Gasteiger charge is -2.20. The molecule has 0 aliphatic carbocycles. The molecule has 0 unspecified atom stereocenters. The van der Waals surface area contributed by atoms with Gasteiger partial charge in [-0.3, -0.25) is 4.90 Å². The Morgan fingerprint density at radius 3 is 2.33 bits per heavy atom. The summed E-state index contributed by atoms with van der Waals surface area (Å²) < 4.78 is 16.2. The maximum atomic E-state index is 5.87. The first-order valence-corrected chi connectivity index (χ1v) is 7.58. The van der Waals surface area contributed by atoms with Crippen molar-refractivity contribution >= 4 is 0 Å². The van der Waals surface area contributed by atoms with E-state index in [0.717, 1.165) is 37.7 Å². The topological polar surface area (TPSA) is 46.9 Å². The molecule has 1 aromatic rings. The highest BCUT2D eigenvalue weighted by Gasteiger charge is 2.12. The zero-order valence-electron chi connectivity index (χ0n) is 14.1. The van der Waals surface area contributed by atoms with E-state index in [1.807, 2.05) is 6.92 Å². The van der Waals surface area contributed by atoms with Crippen molar-refractivity contribution in [2.45, 2.75) is 39.9 Å². The van der Waals surface area contributed by atoms with Gasteiger partial charge in [0.2, 0.25) is 0 Å². The van der Waals surface area contributed by atoms with Crippen LogP contribution in [0.1, 0.15) is 30.9 Å². The SMILES string of the molecule is COCCN(CCOC)Cc1cc(CNC(C)C)c(C)o1. The summed E-state index contributed by atoms with van der Waals surface area (Å²) in [5, 5.41) is 3.42. The van der Waals surface area contributed by atoms with Gasteiger partial charge < -0.3 is 19.2 Å². The molecule has 0 saturated heterocycles. The van der Waals surface area contributed by atoms with Crippen molar-refractivity contribution in [2.24, 2.45) is 0 Å². The van der Waals surface area contributed by atoms with Crippen LogP contribution < -0.4 is 5.32 Å². The highest BCUT2D eigenvalue weighted by molar-refractivity contribution is 5.20. The third-order valence-electron chi connectivity index (χ3n) is 3.38. The predicted molar refractivity (Wildman–Crippen MR) is 84.4 cm³/mol. The predicted octanol–water partition coefficient (Wildman–Crippen LogP) is 2.18. The lowest BCUT2D eigenvalue weighted by atomic mass is 10.2. The summed E-state index contributed by atoms with van der Waals surface area (Å²) >= 11 is 0. The molecule has 122 valence electrons. The average molecular weight is 298 g/mol. The molecule has 0 aliphatic rings. The summed E-state index contributed by atoms with van der Waals surface area (Å²) in [5.74, 6) is 2.00. The van der Waals surface area contributed by atoms with Crippen LogP contribution in [0.2, 0.25) is 0 Å². The first kappa shape index (κ1) is 18.2. The van der Waals surface area contributed by atoms with Gasteiger partial charge in [0.1, 0.15) is 11.5 Å². The molecular weight excluding hydrogens is 268 g/mol. The van der Waals surface area contributed by atoms with Crippen molar-refractivity contribution in [3.8, 4) is 0 Å². The molecular formula is C16H30N2O3. The average Bonchev–Trinajstić information content (AvgIpc) is 2.79. The van der Waals surface area contributed by atoms with Crippen LogP contribution >= 0.6 is 0 Å². The summed E-state index contributed by atoms with van der Waals surface area (Å²) in [6.45, 7) is 11.1. The monoisotopic (exact) mass is 298 g/mol. The van der Waals surface area contributed by atoms with Crippen molar-refractivity contribution in [1.29, 1.82) is 0 Å². The highest BCUT2D eigenvalue weighted by Crippen LogP contribution is 2.16. The number of methoxy groups -OCH3 is 2. The smallest absolute Gasteiger partial charge is 0.118 e. The van der Waals surface area contributed by atoms with Crippen LogP contribution in [0.3, 0.4) is 0 Å². The van der Waals surface area contributed by atoms with Gasteiger partial charge in [-0.05, 0) is 13.0 Å². The van der Waals surface area contributed by atoms with Crippen LogP contribution in [0.4, 0.5) is 0 Å².